The van der Waals surface area contributed by atoms with Gasteiger partial charge in [0, 0.05) is 13.2 Å². The number of hydrogen-bond acceptors (Lipinski definition) is 4. The lowest BCUT2D eigenvalue weighted by Crippen LogP contribution is -2.38. The van der Waals surface area contributed by atoms with E-state index in [9.17, 15) is 9.59 Å². The molecule has 1 amide bonds. The van der Waals surface area contributed by atoms with E-state index >= 15 is 0 Å². The highest BCUT2D eigenvalue weighted by atomic mass is 16.4. The van der Waals surface area contributed by atoms with Gasteiger partial charge in [-0.05, 0) is 12.1 Å². The Morgan fingerprint density at radius 3 is 2.75 bits per heavy atom. The lowest BCUT2D eigenvalue weighted by molar-refractivity contribution is -0.140. The van der Waals surface area contributed by atoms with Crippen molar-refractivity contribution in [1.82, 2.24) is 4.98 Å². The highest BCUT2D eigenvalue weighted by Gasteiger charge is 2.20. The average Bonchev–Trinajstić information content (AvgIpc) is 2.28. The third-order valence-corrected chi connectivity index (χ3v) is 2.08. The van der Waals surface area contributed by atoms with E-state index in [4.69, 9.17) is 10.8 Å². The van der Waals surface area contributed by atoms with Gasteiger partial charge in [-0.15, -0.1) is 0 Å². The zero-order chi connectivity index (χ0) is 12.1. The minimum Gasteiger partial charge on any atom is -0.480 e. The van der Waals surface area contributed by atoms with Gasteiger partial charge in [0.1, 0.15) is 11.9 Å². The molecule has 0 saturated heterocycles. The second kappa shape index (κ2) is 5.22. The summed E-state index contributed by atoms with van der Waals surface area (Å²) in [7, 11) is 1.53. The third kappa shape index (κ3) is 3.03. The van der Waals surface area contributed by atoms with Gasteiger partial charge in [0.25, 0.3) is 0 Å². The van der Waals surface area contributed by atoms with Gasteiger partial charge in [-0.25, -0.2) is 4.98 Å². The summed E-state index contributed by atoms with van der Waals surface area (Å²) in [6, 6.07) is 3.94. The second-order valence-corrected chi connectivity index (χ2v) is 3.29. The van der Waals surface area contributed by atoms with Crippen molar-refractivity contribution in [2.24, 2.45) is 5.73 Å². The first-order valence-electron chi connectivity index (χ1n) is 4.68. The van der Waals surface area contributed by atoms with Crippen molar-refractivity contribution < 1.29 is 14.7 Å². The molecule has 0 aliphatic rings. The maximum Gasteiger partial charge on any atom is 0.321 e. The Bertz CT molecular complexity index is 380. The van der Waals surface area contributed by atoms with Crippen LogP contribution in [0.25, 0.3) is 0 Å². The molecule has 0 fully saturated rings. The molecule has 1 aromatic heterocycles. The number of rotatable bonds is 4. The molecule has 0 aliphatic carbocycles. The van der Waals surface area contributed by atoms with Gasteiger partial charge < -0.3 is 10.8 Å². The van der Waals surface area contributed by atoms with Crippen molar-refractivity contribution in [1.29, 1.82) is 0 Å². The summed E-state index contributed by atoms with van der Waals surface area (Å²) in [5.41, 5.74) is 5.27. The third-order valence-electron chi connectivity index (χ3n) is 2.08. The molecule has 6 nitrogen and oxygen atoms in total. The normalized spacial score (nSPS) is 11.9. The smallest absolute Gasteiger partial charge is 0.321 e. The van der Waals surface area contributed by atoms with E-state index in [0.29, 0.717) is 5.82 Å². The van der Waals surface area contributed by atoms with Gasteiger partial charge in [-0.2, -0.15) is 0 Å². The SMILES string of the molecule is CN(C(=O)CC(N)C(=O)O)c1ccccn1. The summed E-state index contributed by atoms with van der Waals surface area (Å²) in [5.74, 6) is -1.11. The predicted molar refractivity (Wildman–Crippen MR) is 57.9 cm³/mol. The fourth-order valence-electron chi connectivity index (χ4n) is 1.09. The number of pyridine rings is 1. The van der Waals surface area contributed by atoms with Crippen molar-refractivity contribution in [3.05, 3.63) is 24.4 Å². The Labute approximate surface area is 92.7 Å². The van der Waals surface area contributed by atoms with Crippen LogP contribution < -0.4 is 10.6 Å². The van der Waals surface area contributed by atoms with Gasteiger partial charge in [-0.3, -0.25) is 14.5 Å². The molecule has 16 heavy (non-hydrogen) atoms. The van der Waals surface area contributed by atoms with Gasteiger partial charge >= 0.3 is 5.97 Å². The van der Waals surface area contributed by atoms with E-state index in [1.165, 1.54) is 11.9 Å². The Balaban J connectivity index is 2.65. The summed E-state index contributed by atoms with van der Waals surface area (Å²) in [6.45, 7) is 0. The molecule has 1 atom stereocenters. The number of nitrogens with zero attached hydrogens (tertiary/aromatic N) is 2. The molecule has 0 radical (unpaired) electrons. The highest BCUT2D eigenvalue weighted by Crippen LogP contribution is 2.08. The molecule has 1 rings (SSSR count). The predicted octanol–water partition coefficient (Wildman–Crippen LogP) is -0.154. The van der Waals surface area contributed by atoms with Crippen LogP contribution in [0.4, 0.5) is 5.82 Å². The van der Waals surface area contributed by atoms with Crippen molar-refractivity contribution in [3.8, 4) is 0 Å². The monoisotopic (exact) mass is 223 g/mol. The summed E-state index contributed by atoms with van der Waals surface area (Å²) < 4.78 is 0. The van der Waals surface area contributed by atoms with Crippen LogP contribution >= 0.6 is 0 Å². The molecule has 86 valence electrons. The maximum absolute atomic E-state index is 11.6. The number of carbonyl (C=O) groups is 2. The lowest BCUT2D eigenvalue weighted by atomic mass is 10.2. The molecule has 1 unspecified atom stereocenters. The number of anilines is 1. The van der Waals surface area contributed by atoms with Crippen LogP contribution in [0.3, 0.4) is 0 Å². The zero-order valence-corrected chi connectivity index (χ0v) is 8.83. The largest absolute Gasteiger partial charge is 0.480 e. The van der Waals surface area contributed by atoms with E-state index in [1.807, 2.05) is 0 Å². The molecular weight excluding hydrogens is 210 g/mol. The van der Waals surface area contributed by atoms with Crippen molar-refractivity contribution in [2.75, 3.05) is 11.9 Å². The summed E-state index contributed by atoms with van der Waals surface area (Å²) in [6.07, 6.45) is 1.30. The number of aromatic nitrogens is 1. The fourth-order valence-corrected chi connectivity index (χ4v) is 1.09. The first-order chi connectivity index (χ1) is 7.52. The molecule has 1 heterocycles. The molecule has 0 saturated carbocycles. The van der Waals surface area contributed by atoms with Crippen LogP contribution in [0.2, 0.25) is 0 Å². The molecule has 3 N–H and O–H groups in total. The van der Waals surface area contributed by atoms with Gasteiger partial charge in [-0.1, -0.05) is 6.07 Å². The number of carbonyl (C=O) groups excluding carboxylic acids is 1. The summed E-state index contributed by atoms with van der Waals surface area (Å²) >= 11 is 0. The standard InChI is InChI=1S/C10H13N3O3/c1-13(8-4-2-3-5-12-8)9(14)6-7(11)10(15)16/h2-5,7H,6,11H2,1H3,(H,15,16). The van der Waals surface area contributed by atoms with E-state index in [1.54, 1.807) is 24.4 Å². The van der Waals surface area contributed by atoms with Gasteiger partial charge in [0.15, 0.2) is 0 Å². The molecule has 0 aliphatic heterocycles. The molecule has 0 spiro atoms. The molecule has 0 aromatic carbocycles. The minimum absolute atomic E-state index is 0.248. The first kappa shape index (κ1) is 12.1. The molecule has 0 bridgehead atoms. The number of hydrogen-bond donors (Lipinski definition) is 2. The average molecular weight is 223 g/mol. The quantitative estimate of drug-likeness (QED) is 0.739. The lowest BCUT2D eigenvalue weighted by Gasteiger charge is -2.16. The van der Waals surface area contributed by atoms with E-state index in [0.717, 1.165) is 0 Å². The molecular formula is C10H13N3O3. The molecule has 6 heteroatoms. The number of amides is 1. The second-order valence-electron chi connectivity index (χ2n) is 3.29. The topological polar surface area (TPSA) is 96.5 Å². The van der Waals surface area contributed by atoms with E-state index < -0.39 is 12.0 Å². The van der Waals surface area contributed by atoms with Crippen LogP contribution in [-0.4, -0.2) is 35.1 Å². The van der Waals surface area contributed by atoms with E-state index in [2.05, 4.69) is 4.98 Å². The summed E-state index contributed by atoms with van der Waals surface area (Å²) in [5, 5.41) is 8.57. The fraction of sp³-hybridized carbons (Fsp3) is 0.300. The minimum atomic E-state index is -1.19. The Kier molecular flexibility index (Phi) is 3.96. The zero-order valence-electron chi connectivity index (χ0n) is 8.83. The van der Waals surface area contributed by atoms with Crippen LogP contribution in [-0.2, 0) is 9.59 Å². The van der Waals surface area contributed by atoms with Crippen molar-refractivity contribution in [2.45, 2.75) is 12.5 Å². The van der Waals surface area contributed by atoms with E-state index in [-0.39, 0.29) is 12.3 Å². The van der Waals surface area contributed by atoms with Crippen LogP contribution in [0.15, 0.2) is 24.4 Å². The highest BCUT2D eigenvalue weighted by molar-refractivity contribution is 5.94. The van der Waals surface area contributed by atoms with Gasteiger partial charge in [0.05, 0.1) is 6.42 Å². The number of aliphatic carboxylic acids is 1. The number of nitrogens with two attached hydrogens (primary N) is 1. The van der Waals surface area contributed by atoms with Crippen LogP contribution in [0, 0.1) is 0 Å². The van der Waals surface area contributed by atoms with Gasteiger partial charge in [0.2, 0.25) is 5.91 Å². The Hall–Kier alpha value is -1.95. The first-order valence-corrected chi connectivity index (χ1v) is 4.68. The number of carboxylic acid groups (broad SMARTS) is 1. The summed E-state index contributed by atoms with van der Waals surface area (Å²) in [4.78, 5) is 27.3. The Morgan fingerprint density at radius 2 is 2.25 bits per heavy atom. The number of carboxylic acids is 1. The Morgan fingerprint density at radius 1 is 1.56 bits per heavy atom. The van der Waals surface area contributed by atoms with Crippen molar-refractivity contribution in [3.63, 3.8) is 0 Å². The maximum atomic E-state index is 11.6. The van der Waals surface area contributed by atoms with Crippen molar-refractivity contribution >= 4 is 17.7 Å². The van der Waals surface area contributed by atoms with Crippen LogP contribution in [0.1, 0.15) is 6.42 Å². The molecule has 1 aromatic rings. The van der Waals surface area contributed by atoms with Crippen LogP contribution in [0.5, 0.6) is 0 Å².